The summed E-state index contributed by atoms with van der Waals surface area (Å²) in [5.74, 6) is -0.830. The monoisotopic (exact) mass is 445 g/mol. The van der Waals surface area contributed by atoms with Crippen molar-refractivity contribution >= 4 is 29.1 Å². The smallest absolute Gasteiger partial charge is 0.295 e. The number of benzene rings is 2. The van der Waals surface area contributed by atoms with Gasteiger partial charge in [0.2, 0.25) is 0 Å². The van der Waals surface area contributed by atoms with E-state index in [4.69, 9.17) is 25.8 Å². The molecule has 0 radical (unpaired) electrons. The second-order valence-electron chi connectivity index (χ2n) is 6.84. The molecule has 0 aromatic heterocycles. The molecule has 1 N–H and O–H groups in total. The standard InChI is InChI=1S/C23H24ClNO6/c1-4-31-18-13-15(8-9-17(18)24)21(26)19-20(14-6-5-7-16(12-14)30-3)25(10-11-29-2)23(28)22(19)27/h5-9,12-13,20,26H,4,10-11H2,1-3H3/b21-19-. The van der Waals surface area contributed by atoms with Crippen LogP contribution in [0.2, 0.25) is 5.02 Å². The van der Waals surface area contributed by atoms with Crippen LogP contribution in [-0.2, 0) is 14.3 Å². The molecule has 1 saturated heterocycles. The van der Waals surface area contributed by atoms with E-state index < -0.39 is 17.7 Å². The first-order valence-electron chi connectivity index (χ1n) is 9.76. The Morgan fingerprint density at radius 2 is 1.94 bits per heavy atom. The maximum atomic E-state index is 13.0. The van der Waals surface area contributed by atoms with E-state index in [9.17, 15) is 14.7 Å². The molecule has 2 aromatic rings. The van der Waals surface area contributed by atoms with Crippen LogP contribution >= 0.6 is 11.6 Å². The van der Waals surface area contributed by atoms with Crippen molar-refractivity contribution in [3.63, 3.8) is 0 Å². The van der Waals surface area contributed by atoms with Gasteiger partial charge in [0, 0.05) is 19.2 Å². The molecule has 0 aliphatic carbocycles. The quantitative estimate of drug-likeness (QED) is 0.378. The Morgan fingerprint density at radius 1 is 1.16 bits per heavy atom. The number of aliphatic hydroxyl groups excluding tert-OH is 1. The van der Waals surface area contributed by atoms with Crippen LogP contribution in [-0.4, -0.2) is 55.7 Å². The highest BCUT2D eigenvalue weighted by Crippen LogP contribution is 2.41. The molecule has 1 atom stereocenters. The second kappa shape index (κ2) is 9.85. The van der Waals surface area contributed by atoms with Gasteiger partial charge in [-0.3, -0.25) is 9.59 Å². The maximum absolute atomic E-state index is 13.0. The number of carbonyl (C=O) groups excluding carboxylic acids is 2. The van der Waals surface area contributed by atoms with Gasteiger partial charge in [-0.25, -0.2) is 0 Å². The number of hydrogen-bond acceptors (Lipinski definition) is 6. The van der Waals surface area contributed by atoms with Crippen molar-refractivity contribution in [3.05, 3.63) is 64.2 Å². The summed E-state index contributed by atoms with van der Waals surface area (Å²) in [6, 6.07) is 10.9. The van der Waals surface area contributed by atoms with Gasteiger partial charge in [-0.15, -0.1) is 0 Å². The number of carbonyl (C=O) groups is 2. The van der Waals surface area contributed by atoms with E-state index in [-0.39, 0.29) is 24.5 Å². The minimum absolute atomic E-state index is 0.0147. The molecule has 1 aliphatic heterocycles. The van der Waals surface area contributed by atoms with Gasteiger partial charge in [0.05, 0.1) is 37.0 Å². The van der Waals surface area contributed by atoms with E-state index in [1.807, 2.05) is 6.92 Å². The summed E-state index contributed by atoms with van der Waals surface area (Å²) >= 11 is 6.15. The fourth-order valence-corrected chi connectivity index (χ4v) is 3.70. The molecule has 1 aliphatic rings. The van der Waals surface area contributed by atoms with Crippen molar-refractivity contribution in [2.45, 2.75) is 13.0 Å². The van der Waals surface area contributed by atoms with E-state index in [1.54, 1.807) is 42.5 Å². The molecule has 7 nitrogen and oxygen atoms in total. The molecule has 8 heteroatoms. The lowest BCUT2D eigenvalue weighted by atomic mass is 9.95. The van der Waals surface area contributed by atoms with Crippen LogP contribution < -0.4 is 9.47 Å². The number of amides is 1. The summed E-state index contributed by atoms with van der Waals surface area (Å²) in [7, 11) is 3.05. The highest BCUT2D eigenvalue weighted by atomic mass is 35.5. The van der Waals surface area contributed by atoms with Gasteiger partial charge in [-0.05, 0) is 42.8 Å². The molecule has 31 heavy (non-hydrogen) atoms. The topological polar surface area (TPSA) is 85.3 Å². The molecule has 1 heterocycles. The van der Waals surface area contributed by atoms with Gasteiger partial charge < -0.3 is 24.2 Å². The SMILES string of the molecule is CCOc1cc(/C(O)=C2/C(=O)C(=O)N(CCOC)C2c2cccc(OC)c2)ccc1Cl. The molecule has 2 aromatic carbocycles. The zero-order chi connectivity index (χ0) is 22.5. The fourth-order valence-electron chi connectivity index (χ4n) is 3.53. The molecule has 1 unspecified atom stereocenters. The minimum Gasteiger partial charge on any atom is -0.507 e. The Morgan fingerprint density at radius 3 is 2.61 bits per heavy atom. The molecular formula is C23H24ClNO6. The first kappa shape index (κ1) is 22.7. The molecule has 1 amide bonds. The minimum atomic E-state index is -0.795. The largest absolute Gasteiger partial charge is 0.507 e. The number of likely N-dealkylation sites (tertiary alicyclic amines) is 1. The highest BCUT2D eigenvalue weighted by molar-refractivity contribution is 6.46. The molecular weight excluding hydrogens is 422 g/mol. The van der Waals surface area contributed by atoms with Crippen LogP contribution in [0.1, 0.15) is 24.1 Å². The zero-order valence-corrected chi connectivity index (χ0v) is 18.3. The Bertz CT molecular complexity index is 1020. The van der Waals surface area contributed by atoms with Crippen molar-refractivity contribution < 1.29 is 28.9 Å². The van der Waals surface area contributed by atoms with Crippen LogP contribution in [0.3, 0.4) is 0 Å². The Hall–Kier alpha value is -3.03. The summed E-state index contributed by atoms with van der Waals surface area (Å²) in [4.78, 5) is 27.2. The van der Waals surface area contributed by atoms with Gasteiger partial charge in [-0.1, -0.05) is 23.7 Å². The predicted molar refractivity (Wildman–Crippen MR) is 117 cm³/mol. The summed E-state index contributed by atoms with van der Waals surface area (Å²) in [5.41, 5.74) is 0.944. The maximum Gasteiger partial charge on any atom is 0.295 e. The van der Waals surface area contributed by atoms with Crippen molar-refractivity contribution in [1.29, 1.82) is 0 Å². The first-order chi connectivity index (χ1) is 14.9. The van der Waals surface area contributed by atoms with E-state index in [0.717, 1.165) is 0 Å². The van der Waals surface area contributed by atoms with Gasteiger partial charge in [0.25, 0.3) is 11.7 Å². The molecule has 164 valence electrons. The third kappa shape index (κ3) is 4.52. The average Bonchev–Trinajstić information content (AvgIpc) is 3.03. The molecule has 0 saturated carbocycles. The Balaban J connectivity index is 2.17. The fraction of sp³-hybridized carbons (Fsp3) is 0.304. The van der Waals surface area contributed by atoms with Gasteiger partial charge >= 0.3 is 0 Å². The van der Waals surface area contributed by atoms with Crippen molar-refractivity contribution in [2.24, 2.45) is 0 Å². The third-order valence-corrected chi connectivity index (χ3v) is 5.30. The number of halogens is 1. The van der Waals surface area contributed by atoms with Gasteiger partial charge in [0.1, 0.15) is 17.3 Å². The van der Waals surface area contributed by atoms with Crippen molar-refractivity contribution in [1.82, 2.24) is 4.90 Å². The summed E-state index contributed by atoms with van der Waals surface area (Å²) < 4.78 is 15.9. The van der Waals surface area contributed by atoms with Crippen molar-refractivity contribution in [2.75, 3.05) is 34.0 Å². The average molecular weight is 446 g/mol. The molecule has 0 bridgehead atoms. The van der Waals surface area contributed by atoms with Crippen LogP contribution in [0.15, 0.2) is 48.0 Å². The number of methoxy groups -OCH3 is 2. The lowest BCUT2D eigenvalue weighted by Crippen LogP contribution is -2.32. The van der Waals surface area contributed by atoms with Crippen LogP contribution in [0, 0.1) is 0 Å². The van der Waals surface area contributed by atoms with Crippen LogP contribution in [0.25, 0.3) is 5.76 Å². The summed E-state index contributed by atoms with van der Waals surface area (Å²) in [6.45, 7) is 2.62. The highest BCUT2D eigenvalue weighted by Gasteiger charge is 2.46. The number of ketones is 1. The number of aliphatic hydroxyl groups is 1. The number of hydrogen-bond donors (Lipinski definition) is 1. The number of rotatable bonds is 8. The number of nitrogens with zero attached hydrogens (tertiary/aromatic N) is 1. The predicted octanol–water partition coefficient (Wildman–Crippen LogP) is 3.82. The zero-order valence-electron chi connectivity index (χ0n) is 17.6. The summed E-state index contributed by atoms with van der Waals surface area (Å²) in [6.07, 6.45) is 0. The van der Waals surface area contributed by atoms with Crippen LogP contribution in [0.4, 0.5) is 0 Å². The Labute approximate surface area is 185 Å². The van der Waals surface area contributed by atoms with E-state index in [1.165, 1.54) is 19.1 Å². The third-order valence-electron chi connectivity index (χ3n) is 4.99. The van der Waals surface area contributed by atoms with Gasteiger partial charge in [0.15, 0.2) is 0 Å². The van der Waals surface area contributed by atoms with E-state index in [0.29, 0.717) is 34.3 Å². The molecule has 0 spiro atoms. The number of ether oxygens (including phenoxy) is 3. The number of Topliss-reactive ketones (excluding diaryl/α,β-unsaturated/α-hetero) is 1. The lowest BCUT2D eigenvalue weighted by Gasteiger charge is -2.25. The first-order valence-corrected chi connectivity index (χ1v) is 10.1. The van der Waals surface area contributed by atoms with E-state index >= 15 is 0 Å². The lowest BCUT2D eigenvalue weighted by molar-refractivity contribution is -0.140. The second-order valence-corrected chi connectivity index (χ2v) is 7.25. The van der Waals surface area contributed by atoms with Crippen molar-refractivity contribution in [3.8, 4) is 11.5 Å². The summed E-state index contributed by atoms with van der Waals surface area (Å²) in [5, 5.41) is 11.5. The van der Waals surface area contributed by atoms with Crippen LogP contribution in [0.5, 0.6) is 11.5 Å². The van der Waals surface area contributed by atoms with E-state index in [2.05, 4.69) is 0 Å². The normalized spacial score (nSPS) is 17.8. The molecule has 3 rings (SSSR count). The molecule has 1 fully saturated rings. The van der Waals surface area contributed by atoms with Gasteiger partial charge in [-0.2, -0.15) is 0 Å². The Kier molecular flexibility index (Phi) is 7.20.